The molecule has 0 radical (unpaired) electrons. The lowest BCUT2D eigenvalue weighted by Gasteiger charge is -2.27. The molecule has 1 aromatic heterocycles. The zero-order valence-corrected chi connectivity index (χ0v) is 12.3. The number of hydrogen-bond acceptors (Lipinski definition) is 4. The summed E-state index contributed by atoms with van der Waals surface area (Å²) in [4.78, 5) is 15.8. The predicted molar refractivity (Wildman–Crippen MR) is 79.4 cm³/mol. The van der Waals surface area contributed by atoms with Crippen LogP contribution in [0.15, 0.2) is 16.9 Å². The van der Waals surface area contributed by atoms with E-state index in [0.29, 0.717) is 27.2 Å². The first-order valence-corrected chi connectivity index (χ1v) is 6.97. The van der Waals surface area contributed by atoms with Crippen LogP contribution < -0.4 is 15.0 Å². The van der Waals surface area contributed by atoms with Gasteiger partial charge in [0.2, 0.25) is 0 Å². The normalized spacial score (nSPS) is 15.1. The number of aromatic nitrogens is 2. The summed E-state index contributed by atoms with van der Waals surface area (Å²) in [5, 5.41) is 0.543. The smallest absolute Gasteiger partial charge is 0.262 e. The minimum Gasteiger partial charge on any atom is -0.497 e. The summed E-state index contributed by atoms with van der Waals surface area (Å²) in [6.45, 7) is 0. The zero-order valence-electron chi connectivity index (χ0n) is 11.4. The van der Waals surface area contributed by atoms with Crippen LogP contribution in [0.3, 0.4) is 0 Å². The van der Waals surface area contributed by atoms with Gasteiger partial charge in [0.15, 0.2) is 4.77 Å². The van der Waals surface area contributed by atoms with E-state index >= 15 is 0 Å². The van der Waals surface area contributed by atoms with Crippen molar-refractivity contribution in [2.24, 2.45) is 0 Å². The van der Waals surface area contributed by atoms with E-state index in [1.165, 1.54) is 0 Å². The Morgan fingerprint density at radius 1 is 1.30 bits per heavy atom. The predicted octanol–water partition coefficient (Wildman–Crippen LogP) is 2.80. The second-order valence-electron chi connectivity index (χ2n) is 4.94. The molecule has 1 heterocycles. The summed E-state index contributed by atoms with van der Waals surface area (Å²) < 4.78 is 12.7. The summed E-state index contributed by atoms with van der Waals surface area (Å²) in [6, 6.07) is 3.68. The van der Waals surface area contributed by atoms with Crippen molar-refractivity contribution in [1.82, 2.24) is 9.55 Å². The van der Waals surface area contributed by atoms with Crippen LogP contribution in [0, 0.1) is 4.77 Å². The van der Waals surface area contributed by atoms with Crippen LogP contribution in [-0.2, 0) is 0 Å². The third kappa shape index (κ3) is 1.91. The van der Waals surface area contributed by atoms with Crippen LogP contribution in [-0.4, -0.2) is 23.8 Å². The number of nitrogens with zero attached hydrogens (tertiary/aromatic N) is 1. The van der Waals surface area contributed by atoms with E-state index in [2.05, 4.69) is 4.98 Å². The van der Waals surface area contributed by atoms with Gasteiger partial charge in [0.1, 0.15) is 11.5 Å². The molecular formula is C14H16N2O3S. The van der Waals surface area contributed by atoms with E-state index in [1.54, 1.807) is 30.9 Å². The number of rotatable bonds is 3. The van der Waals surface area contributed by atoms with E-state index in [-0.39, 0.29) is 11.6 Å². The van der Waals surface area contributed by atoms with E-state index in [1.807, 2.05) is 0 Å². The van der Waals surface area contributed by atoms with Crippen LogP contribution >= 0.6 is 12.2 Å². The van der Waals surface area contributed by atoms with Crippen molar-refractivity contribution in [2.75, 3.05) is 14.2 Å². The SMILES string of the molecule is COc1cc(OC)c2[nH]c(=S)n(C3CCC3)c(=O)c2c1. The van der Waals surface area contributed by atoms with E-state index in [0.717, 1.165) is 19.3 Å². The highest BCUT2D eigenvalue weighted by Gasteiger charge is 2.23. The molecule has 0 amide bonds. The number of aromatic amines is 1. The molecule has 0 aliphatic heterocycles. The van der Waals surface area contributed by atoms with Crippen LogP contribution in [0.4, 0.5) is 0 Å². The molecule has 5 nitrogen and oxygen atoms in total. The molecule has 6 heteroatoms. The molecule has 1 aliphatic carbocycles. The highest BCUT2D eigenvalue weighted by atomic mass is 32.1. The highest BCUT2D eigenvalue weighted by molar-refractivity contribution is 7.71. The first kappa shape index (κ1) is 13.2. The summed E-state index contributed by atoms with van der Waals surface area (Å²) in [6.07, 6.45) is 3.15. The summed E-state index contributed by atoms with van der Waals surface area (Å²) in [5.74, 6) is 1.15. The Balaban J connectivity index is 2.36. The lowest BCUT2D eigenvalue weighted by atomic mass is 9.93. The topological polar surface area (TPSA) is 56.2 Å². The maximum Gasteiger partial charge on any atom is 0.262 e. The van der Waals surface area contributed by atoms with Crippen molar-refractivity contribution in [3.05, 3.63) is 27.3 Å². The van der Waals surface area contributed by atoms with Crippen LogP contribution in [0.5, 0.6) is 11.5 Å². The Kier molecular flexibility index (Phi) is 3.25. The van der Waals surface area contributed by atoms with Gasteiger partial charge in [-0.3, -0.25) is 9.36 Å². The molecule has 1 aromatic carbocycles. The van der Waals surface area contributed by atoms with Gasteiger partial charge in [-0.05, 0) is 37.5 Å². The van der Waals surface area contributed by atoms with Crippen molar-refractivity contribution in [2.45, 2.75) is 25.3 Å². The van der Waals surface area contributed by atoms with Crippen LogP contribution in [0.1, 0.15) is 25.3 Å². The van der Waals surface area contributed by atoms with Gasteiger partial charge in [-0.1, -0.05) is 0 Å². The van der Waals surface area contributed by atoms with Gasteiger partial charge in [-0.15, -0.1) is 0 Å². The zero-order chi connectivity index (χ0) is 14.3. The largest absolute Gasteiger partial charge is 0.497 e. The molecule has 0 unspecified atom stereocenters. The van der Waals surface area contributed by atoms with Gasteiger partial charge in [0, 0.05) is 12.1 Å². The molecule has 0 spiro atoms. The van der Waals surface area contributed by atoms with Crippen LogP contribution in [0.2, 0.25) is 0 Å². The fraction of sp³-hybridized carbons (Fsp3) is 0.429. The molecular weight excluding hydrogens is 276 g/mol. The van der Waals surface area contributed by atoms with Crippen molar-refractivity contribution in [3.63, 3.8) is 0 Å². The minimum absolute atomic E-state index is 0.0781. The van der Waals surface area contributed by atoms with Gasteiger partial charge in [-0.25, -0.2) is 0 Å². The van der Waals surface area contributed by atoms with E-state index in [9.17, 15) is 4.79 Å². The number of methoxy groups -OCH3 is 2. The quantitative estimate of drug-likeness (QED) is 0.884. The third-order valence-corrected chi connectivity index (χ3v) is 4.17. The molecule has 0 atom stereocenters. The first-order valence-electron chi connectivity index (χ1n) is 6.56. The third-order valence-electron chi connectivity index (χ3n) is 3.87. The number of ether oxygens (including phenoxy) is 2. The molecule has 1 N–H and O–H groups in total. The van der Waals surface area contributed by atoms with Crippen molar-refractivity contribution >= 4 is 23.1 Å². The molecule has 0 bridgehead atoms. The van der Waals surface area contributed by atoms with Crippen LogP contribution in [0.25, 0.3) is 10.9 Å². The molecule has 0 saturated heterocycles. The average molecular weight is 292 g/mol. The lowest BCUT2D eigenvalue weighted by molar-refractivity contribution is 0.302. The standard InChI is InChI=1S/C14H16N2O3S/c1-18-9-6-10-12(11(7-9)19-2)15-14(20)16(13(10)17)8-4-3-5-8/h6-8H,3-5H2,1-2H3,(H,15,20). The number of benzene rings is 1. The Labute approximate surface area is 121 Å². The molecule has 1 fully saturated rings. The Morgan fingerprint density at radius 3 is 2.60 bits per heavy atom. The summed E-state index contributed by atoms with van der Waals surface area (Å²) in [7, 11) is 3.12. The monoisotopic (exact) mass is 292 g/mol. The van der Waals surface area contributed by atoms with Crippen molar-refractivity contribution in [3.8, 4) is 11.5 Å². The second-order valence-corrected chi connectivity index (χ2v) is 5.33. The number of hydrogen-bond donors (Lipinski definition) is 1. The maximum absolute atomic E-state index is 12.7. The molecule has 2 aromatic rings. The molecule has 1 saturated carbocycles. The van der Waals surface area contributed by atoms with Crippen molar-refractivity contribution < 1.29 is 9.47 Å². The van der Waals surface area contributed by atoms with Gasteiger partial charge in [0.25, 0.3) is 5.56 Å². The second kappa shape index (κ2) is 4.94. The number of fused-ring (bicyclic) bond motifs is 1. The highest BCUT2D eigenvalue weighted by Crippen LogP contribution is 2.32. The lowest BCUT2D eigenvalue weighted by Crippen LogP contribution is -2.30. The van der Waals surface area contributed by atoms with Gasteiger partial charge < -0.3 is 14.5 Å². The van der Waals surface area contributed by atoms with Gasteiger partial charge >= 0.3 is 0 Å². The summed E-state index contributed by atoms with van der Waals surface area (Å²) in [5.41, 5.74) is 0.546. The fourth-order valence-corrected chi connectivity index (χ4v) is 2.87. The number of nitrogens with one attached hydrogen (secondary N) is 1. The first-order chi connectivity index (χ1) is 9.65. The Morgan fingerprint density at radius 2 is 2.05 bits per heavy atom. The maximum atomic E-state index is 12.7. The minimum atomic E-state index is -0.0781. The average Bonchev–Trinajstić information content (AvgIpc) is 2.40. The summed E-state index contributed by atoms with van der Waals surface area (Å²) >= 11 is 5.33. The van der Waals surface area contributed by atoms with E-state index < -0.39 is 0 Å². The molecule has 20 heavy (non-hydrogen) atoms. The fourth-order valence-electron chi connectivity index (χ4n) is 2.53. The molecule has 1 aliphatic rings. The van der Waals surface area contributed by atoms with Gasteiger partial charge in [0.05, 0.1) is 25.1 Å². The van der Waals surface area contributed by atoms with Gasteiger partial charge in [-0.2, -0.15) is 0 Å². The Hall–Kier alpha value is -1.82. The van der Waals surface area contributed by atoms with Crippen molar-refractivity contribution in [1.29, 1.82) is 0 Å². The molecule has 106 valence electrons. The van der Waals surface area contributed by atoms with E-state index in [4.69, 9.17) is 21.7 Å². The number of H-pyrrole nitrogens is 1. The Bertz CT molecular complexity index is 774. The molecule has 3 rings (SSSR count).